The van der Waals surface area contributed by atoms with Crippen LogP contribution in [0.1, 0.15) is 12.8 Å². The van der Waals surface area contributed by atoms with E-state index in [0.29, 0.717) is 12.4 Å². The zero-order valence-corrected chi connectivity index (χ0v) is 6.14. The Morgan fingerprint density at radius 3 is 3.18 bits per heavy atom. The van der Waals surface area contributed by atoms with Crippen LogP contribution in [0.15, 0.2) is 35.4 Å². The lowest BCUT2D eigenvalue weighted by Gasteiger charge is -2.19. The van der Waals surface area contributed by atoms with Gasteiger partial charge in [0.05, 0.1) is 6.61 Å². The van der Waals surface area contributed by atoms with Crippen molar-refractivity contribution in [2.75, 3.05) is 6.61 Å². The van der Waals surface area contributed by atoms with Crippen molar-refractivity contribution in [1.82, 2.24) is 0 Å². The van der Waals surface area contributed by atoms with Gasteiger partial charge in [-0.3, -0.25) is 0 Å². The topological polar surface area (TPSA) is 9.23 Å². The first-order valence-corrected chi connectivity index (χ1v) is 3.76. The summed E-state index contributed by atoms with van der Waals surface area (Å²) in [5.74, 6) is 0.223. The standard InChI is InChI=1S/C9H9FO/c10-8-5-1-3-7-4-2-6-11-9(7)8/h1,4-5H,2-3,6H2. The van der Waals surface area contributed by atoms with Gasteiger partial charge in [-0.1, -0.05) is 12.2 Å². The molecule has 0 fully saturated rings. The van der Waals surface area contributed by atoms with E-state index in [1.165, 1.54) is 6.08 Å². The van der Waals surface area contributed by atoms with Crippen LogP contribution in [-0.4, -0.2) is 6.61 Å². The molecule has 0 N–H and O–H groups in total. The van der Waals surface area contributed by atoms with Crippen LogP contribution in [0.3, 0.4) is 0 Å². The van der Waals surface area contributed by atoms with E-state index in [0.717, 1.165) is 18.4 Å². The van der Waals surface area contributed by atoms with E-state index in [1.807, 2.05) is 12.2 Å². The second-order valence-corrected chi connectivity index (χ2v) is 2.65. The van der Waals surface area contributed by atoms with Crippen LogP contribution < -0.4 is 0 Å². The molecule has 0 unspecified atom stereocenters. The maximum Gasteiger partial charge on any atom is 0.165 e. The van der Waals surface area contributed by atoms with Crippen molar-refractivity contribution in [3.63, 3.8) is 0 Å². The quantitative estimate of drug-likeness (QED) is 0.518. The van der Waals surface area contributed by atoms with E-state index in [1.54, 1.807) is 0 Å². The smallest absolute Gasteiger partial charge is 0.165 e. The Hall–Kier alpha value is -1.05. The largest absolute Gasteiger partial charge is 0.490 e. The highest BCUT2D eigenvalue weighted by atomic mass is 19.1. The molecule has 2 rings (SSSR count). The van der Waals surface area contributed by atoms with Crippen LogP contribution in [0, 0.1) is 0 Å². The minimum absolute atomic E-state index is 0.234. The summed E-state index contributed by atoms with van der Waals surface area (Å²) in [6.07, 6.45) is 7.04. The normalized spacial score (nSPS) is 22.5. The van der Waals surface area contributed by atoms with Gasteiger partial charge in [-0.05, 0) is 18.1 Å². The third-order valence-corrected chi connectivity index (χ3v) is 1.87. The molecule has 0 bridgehead atoms. The van der Waals surface area contributed by atoms with Crippen LogP contribution in [0.5, 0.6) is 0 Å². The average molecular weight is 152 g/mol. The summed E-state index contributed by atoms with van der Waals surface area (Å²) >= 11 is 0. The molecule has 1 aliphatic carbocycles. The lowest BCUT2D eigenvalue weighted by atomic mass is 10.0. The van der Waals surface area contributed by atoms with Gasteiger partial charge in [0.25, 0.3) is 0 Å². The van der Waals surface area contributed by atoms with Crippen molar-refractivity contribution >= 4 is 0 Å². The Labute approximate surface area is 64.9 Å². The monoisotopic (exact) mass is 152 g/mol. The fourth-order valence-electron chi connectivity index (χ4n) is 1.34. The number of allylic oxidation sites excluding steroid dienone is 4. The summed E-state index contributed by atoms with van der Waals surface area (Å²) in [6.45, 7) is 0.611. The molecule has 0 spiro atoms. The zero-order valence-electron chi connectivity index (χ0n) is 6.14. The molecule has 1 heterocycles. The molecule has 0 atom stereocenters. The minimum Gasteiger partial charge on any atom is -0.490 e. The molecule has 58 valence electrons. The predicted octanol–water partition coefficient (Wildman–Crippen LogP) is 2.47. The molecule has 0 amide bonds. The van der Waals surface area contributed by atoms with E-state index in [4.69, 9.17) is 4.74 Å². The summed E-state index contributed by atoms with van der Waals surface area (Å²) in [7, 11) is 0. The molecular formula is C9H9FO. The molecule has 1 nitrogen and oxygen atoms in total. The van der Waals surface area contributed by atoms with Crippen molar-refractivity contribution in [1.29, 1.82) is 0 Å². The number of rotatable bonds is 0. The maximum absolute atomic E-state index is 12.9. The van der Waals surface area contributed by atoms with Crippen molar-refractivity contribution < 1.29 is 9.13 Å². The van der Waals surface area contributed by atoms with Gasteiger partial charge in [0, 0.05) is 6.42 Å². The molecule has 2 aliphatic rings. The highest BCUT2D eigenvalue weighted by Crippen LogP contribution is 2.29. The van der Waals surface area contributed by atoms with Gasteiger partial charge in [0.15, 0.2) is 11.6 Å². The first-order chi connectivity index (χ1) is 5.38. The number of hydrogen-bond donors (Lipinski definition) is 0. The average Bonchev–Trinajstić information content (AvgIpc) is 2.06. The van der Waals surface area contributed by atoms with E-state index in [9.17, 15) is 4.39 Å². The van der Waals surface area contributed by atoms with E-state index in [-0.39, 0.29) is 5.83 Å². The van der Waals surface area contributed by atoms with Crippen molar-refractivity contribution in [3.8, 4) is 0 Å². The third kappa shape index (κ3) is 1.09. The first-order valence-electron chi connectivity index (χ1n) is 3.76. The molecule has 0 aromatic rings. The minimum atomic E-state index is -0.234. The van der Waals surface area contributed by atoms with E-state index in [2.05, 4.69) is 0 Å². The van der Waals surface area contributed by atoms with Crippen LogP contribution in [0.2, 0.25) is 0 Å². The Balaban J connectivity index is 2.41. The maximum atomic E-state index is 12.9. The van der Waals surface area contributed by atoms with E-state index < -0.39 is 0 Å². The molecule has 0 saturated heterocycles. The summed E-state index contributed by atoms with van der Waals surface area (Å²) in [5, 5.41) is 0. The van der Waals surface area contributed by atoms with Gasteiger partial charge in [-0.15, -0.1) is 0 Å². The number of halogens is 1. The Kier molecular flexibility index (Phi) is 1.53. The van der Waals surface area contributed by atoms with E-state index >= 15 is 0 Å². The molecule has 0 saturated carbocycles. The fourth-order valence-corrected chi connectivity index (χ4v) is 1.34. The molecule has 1 aliphatic heterocycles. The molecular weight excluding hydrogens is 143 g/mol. The van der Waals surface area contributed by atoms with Gasteiger partial charge in [-0.2, -0.15) is 0 Å². The van der Waals surface area contributed by atoms with Crippen molar-refractivity contribution in [2.45, 2.75) is 12.8 Å². The Bertz CT molecular complexity index is 261. The number of hydrogen-bond acceptors (Lipinski definition) is 1. The van der Waals surface area contributed by atoms with Gasteiger partial charge in [-0.25, -0.2) is 4.39 Å². The highest BCUT2D eigenvalue weighted by molar-refractivity contribution is 5.39. The van der Waals surface area contributed by atoms with Crippen molar-refractivity contribution in [2.24, 2.45) is 0 Å². The van der Waals surface area contributed by atoms with Crippen molar-refractivity contribution in [3.05, 3.63) is 35.4 Å². The SMILES string of the molecule is FC1=C2OCCC=C2CC=C1. The summed E-state index contributed by atoms with van der Waals surface area (Å²) in [4.78, 5) is 0. The number of ether oxygens (including phenoxy) is 1. The lowest BCUT2D eigenvalue weighted by molar-refractivity contribution is 0.204. The second-order valence-electron chi connectivity index (χ2n) is 2.65. The van der Waals surface area contributed by atoms with Crippen LogP contribution >= 0.6 is 0 Å². The van der Waals surface area contributed by atoms with Gasteiger partial charge >= 0.3 is 0 Å². The van der Waals surface area contributed by atoms with Gasteiger partial charge in [0.2, 0.25) is 0 Å². The zero-order chi connectivity index (χ0) is 7.68. The van der Waals surface area contributed by atoms with Crippen LogP contribution in [-0.2, 0) is 4.74 Å². The molecule has 0 aromatic heterocycles. The molecule has 0 aromatic carbocycles. The Morgan fingerprint density at radius 2 is 2.36 bits per heavy atom. The van der Waals surface area contributed by atoms with Crippen LogP contribution in [0.4, 0.5) is 4.39 Å². The first kappa shape index (κ1) is 6.65. The lowest BCUT2D eigenvalue weighted by Crippen LogP contribution is -2.07. The summed E-state index contributed by atoms with van der Waals surface area (Å²) in [5.41, 5.74) is 0.997. The molecule has 0 radical (unpaired) electrons. The predicted molar refractivity (Wildman–Crippen MR) is 40.5 cm³/mol. The Morgan fingerprint density at radius 1 is 1.45 bits per heavy atom. The highest BCUT2D eigenvalue weighted by Gasteiger charge is 2.17. The summed E-state index contributed by atoms with van der Waals surface area (Å²) < 4.78 is 18.1. The van der Waals surface area contributed by atoms with Gasteiger partial charge < -0.3 is 4.74 Å². The summed E-state index contributed by atoms with van der Waals surface area (Å²) in [6, 6.07) is 0. The third-order valence-electron chi connectivity index (χ3n) is 1.87. The second kappa shape index (κ2) is 2.53. The van der Waals surface area contributed by atoms with Gasteiger partial charge in [0.1, 0.15) is 0 Å². The molecule has 2 heteroatoms. The number of fused-ring (bicyclic) bond motifs is 1. The fraction of sp³-hybridized carbons (Fsp3) is 0.333. The van der Waals surface area contributed by atoms with Crippen LogP contribution in [0.25, 0.3) is 0 Å². The molecule has 11 heavy (non-hydrogen) atoms.